The molecule has 2 aromatic carbocycles. The van der Waals surface area contributed by atoms with Crippen molar-refractivity contribution < 1.29 is 9.47 Å². The van der Waals surface area contributed by atoms with Crippen molar-refractivity contribution in [3.05, 3.63) is 58.7 Å². The molecule has 0 aliphatic heterocycles. The second kappa shape index (κ2) is 6.19. The van der Waals surface area contributed by atoms with Crippen LogP contribution in [0.2, 0.25) is 0 Å². The van der Waals surface area contributed by atoms with Crippen LogP contribution in [0, 0.1) is 13.8 Å². The van der Waals surface area contributed by atoms with Crippen molar-refractivity contribution in [3.8, 4) is 11.5 Å². The summed E-state index contributed by atoms with van der Waals surface area (Å²) in [4.78, 5) is 0. The van der Waals surface area contributed by atoms with Crippen LogP contribution in [-0.2, 0) is 0 Å². The van der Waals surface area contributed by atoms with Crippen LogP contribution in [0.4, 0.5) is 0 Å². The predicted octanol–water partition coefficient (Wildman–Crippen LogP) is 4.65. The minimum absolute atomic E-state index is 0.241. The van der Waals surface area contributed by atoms with Crippen molar-refractivity contribution in [2.75, 3.05) is 14.2 Å². The largest absolute Gasteiger partial charge is 0.496 e. The zero-order valence-corrected chi connectivity index (χ0v) is 13.0. The summed E-state index contributed by atoms with van der Waals surface area (Å²) in [6, 6.07) is 12.0. The van der Waals surface area contributed by atoms with E-state index in [-0.39, 0.29) is 5.38 Å². The third-order valence-corrected chi connectivity index (χ3v) is 3.88. The molecule has 2 nitrogen and oxygen atoms in total. The van der Waals surface area contributed by atoms with Gasteiger partial charge in [0.1, 0.15) is 11.5 Å². The van der Waals surface area contributed by atoms with Crippen LogP contribution in [0.3, 0.4) is 0 Å². The Morgan fingerprint density at radius 2 is 1.55 bits per heavy atom. The Kier molecular flexibility index (Phi) is 4.56. The number of aryl methyl sites for hydroxylation is 2. The third-order valence-electron chi connectivity index (χ3n) is 3.39. The molecule has 106 valence electrons. The van der Waals surface area contributed by atoms with E-state index in [0.29, 0.717) is 0 Å². The van der Waals surface area contributed by atoms with Crippen LogP contribution < -0.4 is 9.47 Å². The lowest BCUT2D eigenvalue weighted by Gasteiger charge is -2.17. The maximum atomic E-state index is 6.63. The van der Waals surface area contributed by atoms with Gasteiger partial charge in [0.2, 0.25) is 0 Å². The SMILES string of the molecule is COc1ccccc1C(Cl)c1cc(C)c(OC)c(C)c1. The highest BCUT2D eigenvalue weighted by molar-refractivity contribution is 6.22. The molecule has 20 heavy (non-hydrogen) atoms. The summed E-state index contributed by atoms with van der Waals surface area (Å²) in [5, 5.41) is -0.241. The van der Waals surface area contributed by atoms with Gasteiger partial charge in [-0.2, -0.15) is 0 Å². The molecule has 0 N–H and O–H groups in total. The fourth-order valence-corrected chi connectivity index (χ4v) is 2.81. The van der Waals surface area contributed by atoms with Crippen LogP contribution in [0.1, 0.15) is 27.6 Å². The molecule has 2 aromatic rings. The molecule has 0 saturated heterocycles. The molecule has 0 fully saturated rings. The summed E-state index contributed by atoms with van der Waals surface area (Å²) in [5.41, 5.74) is 4.19. The Balaban J connectivity index is 2.46. The zero-order chi connectivity index (χ0) is 14.7. The molecular weight excluding hydrogens is 272 g/mol. The Morgan fingerprint density at radius 3 is 2.10 bits per heavy atom. The minimum Gasteiger partial charge on any atom is -0.496 e. The van der Waals surface area contributed by atoms with Gasteiger partial charge in [-0.05, 0) is 36.6 Å². The number of methoxy groups -OCH3 is 2. The summed E-state index contributed by atoms with van der Waals surface area (Å²) in [5.74, 6) is 1.72. The number of para-hydroxylation sites is 1. The van der Waals surface area contributed by atoms with Crippen molar-refractivity contribution in [2.24, 2.45) is 0 Å². The van der Waals surface area contributed by atoms with E-state index in [1.54, 1.807) is 14.2 Å². The molecular formula is C17H19ClO2. The van der Waals surface area contributed by atoms with E-state index in [4.69, 9.17) is 21.1 Å². The van der Waals surface area contributed by atoms with Crippen LogP contribution in [0.5, 0.6) is 11.5 Å². The second-order valence-electron chi connectivity index (χ2n) is 4.79. The highest BCUT2D eigenvalue weighted by atomic mass is 35.5. The lowest BCUT2D eigenvalue weighted by atomic mass is 9.98. The van der Waals surface area contributed by atoms with E-state index in [0.717, 1.165) is 33.8 Å². The van der Waals surface area contributed by atoms with Crippen molar-refractivity contribution in [2.45, 2.75) is 19.2 Å². The molecule has 0 aliphatic rings. The first-order chi connectivity index (χ1) is 9.58. The number of benzene rings is 2. The van der Waals surface area contributed by atoms with E-state index >= 15 is 0 Å². The number of alkyl halides is 1. The van der Waals surface area contributed by atoms with Gasteiger partial charge in [-0.15, -0.1) is 11.6 Å². The number of rotatable bonds is 4. The highest BCUT2D eigenvalue weighted by Gasteiger charge is 2.17. The molecule has 0 radical (unpaired) electrons. The summed E-state index contributed by atoms with van der Waals surface area (Å²) in [7, 11) is 3.35. The van der Waals surface area contributed by atoms with Gasteiger partial charge in [0.25, 0.3) is 0 Å². The summed E-state index contributed by atoms with van der Waals surface area (Å²) >= 11 is 6.63. The molecule has 0 heterocycles. The van der Waals surface area contributed by atoms with Gasteiger partial charge in [0.05, 0.1) is 19.6 Å². The Hall–Kier alpha value is -1.67. The van der Waals surface area contributed by atoms with Gasteiger partial charge in [0, 0.05) is 5.56 Å². The van der Waals surface area contributed by atoms with E-state index in [1.807, 2.05) is 38.1 Å². The maximum absolute atomic E-state index is 6.63. The van der Waals surface area contributed by atoms with Gasteiger partial charge in [-0.3, -0.25) is 0 Å². The Labute approximate surface area is 125 Å². The average molecular weight is 291 g/mol. The Morgan fingerprint density at radius 1 is 0.950 bits per heavy atom. The van der Waals surface area contributed by atoms with Gasteiger partial charge >= 0.3 is 0 Å². The number of ether oxygens (including phenoxy) is 2. The molecule has 0 bridgehead atoms. The number of hydrogen-bond acceptors (Lipinski definition) is 2. The van der Waals surface area contributed by atoms with E-state index in [1.165, 1.54) is 0 Å². The van der Waals surface area contributed by atoms with Crippen molar-refractivity contribution in [3.63, 3.8) is 0 Å². The molecule has 0 aromatic heterocycles. The molecule has 0 aliphatic carbocycles. The smallest absolute Gasteiger partial charge is 0.124 e. The van der Waals surface area contributed by atoms with Gasteiger partial charge in [-0.25, -0.2) is 0 Å². The maximum Gasteiger partial charge on any atom is 0.124 e. The van der Waals surface area contributed by atoms with E-state index in [9.17, 15) is 0 Å². The summed E-state index contributed by atoms with van der Waals surface area (Å²) in [6.45, 7) is 4.06. The lowest BCUT2D eigenvalue weighted by molar-refractivity contribution is 0.408. The average Bonchev–Trinajstić information content (AvgIpc) is 2.46. The molecule has 3 heteroatoms. The number of halogens is 1. The van der Waals surface area contributed by atoms with E-state index in [2.05, 4.69) is 12.1 Å². The second-order valence-corrected chi connectivity index (χ2v) is 5.23. The predicted molar refractivity (Wildman–Crippen MR) is 83.2 cm³/mol. The first kappa shape index (κ1) is 14.7. The summed E-state index contributed by atoms with van der Waals surface area (Å²) < 4.78 is 10.8. The fourth-order valence-electron chi connectivity index (χ4n) is 2.51. The quantitative estimate of drug-likeness (QED) is 0.763. The molecule has 2 rings (SSSR count). The summed E-state index contributed by atoms with van der Waals surface area (Å²) in [6.07, 6.45) is 0. The number of hydrogen-bond donors (Lipinski definition) is 0. The van der Waals surface area contributed by atoms with Gasteiger partial charge < -0.3 is 9.47 Å². The van der Waals surface area contributed by atoms with E-state index < -0.39 is 0 Å². The topological polar surface area (TPSA) is 18.5 Å². The minimum atomic E-state index is -0.241. The fraction of sp³-hybridized carbons (Fsp3) is 0.294. The molecule has 0 saturated carbocycles. The zero-order valence-electron chi connectivity index (χ0n) is 12.2. The first-order valence-electron chi connectivity index (χ1n) is 6.50. The first-order valence-corrected chi connectivity index (χ1v) is 6.94. The van der Waals surface area contributed by atoms with Crippen molar-refractivity contribution >= 4 is 11.6 Å². The van der Waals surface area contributed by atoms with Crippen LogP contribution >= 0.6 is 11.6 Å². The molecule has 0 spiro atoms. The third kappa shape index (κ3) is 2.75. The van der Waals surface area contributed by atoms with Crippen molar-refractivity contribution in [1.82, 2.24) is 0 Å². The standard InChI is InChI=1S/C17H19ClO2/c1-11-9-13(10-12(2)17(11)20-4)16(18)14-7-5-6-8-15(14)19-3/h5-10,16H,1-4H3. The van der Waals surface area contributed by atoms with Gasteiger partial charge in [-0.1, -0.05) is 30.3 Å². The molecule has 0 amide bonds. The van der Waals surface area contributed by atoms with Crippen LogP contribution in [-0.4, -0.2) is 14.2 Å². The normalized spacial score (nSPS) is 12.1. The highest BCUT2D eigenvalue weighted by Crippen LogP contribution is 2.37. The monoisotopic (exact) mass is 290 g/mol. The van der Waals surface area contributed by atoms with Gasteiger partial charge in [0.15, 0.2) is 0 Å². The molecule has 1 unspecified atom stereocenters. The molecule has 1 atom stereocenters. The van der Waals surface area contributed by atoms with Crippen LogP contribution in [0.25, 0.3) is 0 Å². The lowest BCUT2D eigenvalue weighted by Crippen LogP contribution is -2.00. The Bertz CT molecular complexity index is 585. The van der Waals surface area contributed by atoms with Crippen LogP contribution in [0.15, 0.2) is 36.4 Å². The van der Waals surface area contributed by atoms with Crippen molar-refractivity contribution in [1.29, 1.82) is 0 Å².